The molecule has 0 radical (unpaired) electrons. The molecular formula is C23H28N2O4. The van der Waals surface area contributed by atoms with E-state index in [0.29, 0.717) is 30.0 Å². The number of rotatable bonds is 9. The lowest BCUT2D eigenvalue weighted by molar-refractivity contribution is 0.0679. The predicted octanol–water partition coefficient (Wildman–Crippen LogP) is 4.03. The fraction of sp³-hybridized carbons (Fsp3) is 0.391. The Morgan fingerprint density at radius 2 is 1.72 bits per heavy atom. The number of carbonyl (C=O) groups excluding carboxylic acids is 2. The van der Waals surface area contributed by atoms with Crippen molar-refractivity contribution in [2.24, 2.45) is 0 Å². The van der Waals surface area contributed by atoms with E-state index in [1.54, 1.807) is 48.5 Å². The van der Waals surface area contributed by atoms with Gasteiger partial charge in [0, 0.05) is 30.0 Å². The lowest BCUT2D eigenvalue weighted by Crippen LogP contribution is -2.24. The second-order valence-corrected chi connectivity index (χ2v) is 7.11. The van der Waals surface area contributed by atoms with Crippen molar-refractivity contribution < 1.29 is 19.1 Å². The first-order chi connectivity index (χ1) is 14.2. The van der Waals surface area contributed by atoms with Gasteiger partial charge < -0.3 is 20.1 Å². The van der Waals surface area contributed by atoms with E-state index >= 15 is 0 Å². The topological polar surface area (TPSA) is 76.7 Å². The van der Waals surface area contributed by atoms with Crippen molar-refractivity contribution in [2.75, 3.05) is 25.1 Å². The average Bonchev–Trinajstić information content (AvgIpc) is 3.27. The average molecular weight is 396 g/mol. The van der Waals surface area contributed by atoms with E-state index in [9.17, 15) is 9.59 Å². The SMILES string of the molecule is CCCCNC(=O)c1ccc(NC(=O)c2ccc(OCC3CCCO3)cc2)cc1. The predicted molar refractivity (Wildman–Crippen MR) is 113 cm³/mol. The van der Waals surface area contributed by atoms with E-state index < -0.39 is 0 Å². The monoisotopic (exact) mass is 396 g/mol. The highest BCUT2D eigenvalue weighted by Crippen LogP contribution is 2.18. The van der Waals surface area contributed by atoms with Gasteiger partial charge in [-0.3, -0.25) is 9.59 Å². The smallest absolute Gasteiger partial charge is 0.255 e. The van der Waals surface area contributed by atoms with Crippen molar-refractivity contribution in [2.45, 2.75) is 38.7 Å². The number of hydrogen-bond donors (Lipinski definition) is 2. The largest absolute Gasteiger partial charge is 0.491 e. The first-order valence-corrected chi connectivity index (χ1v) is 10.2. The van der Waals surface area contributed by atoms with Crippen molar-refractivity contribution in [1.82, 2.24) is 5.32 Å². The molecule has 0 saturated carbocycles. The lowest BCUT2D eigenvalue weighted by Gasteiger charge is -2.12. The van der Waals surface area contributed by atoms with Crippen LogP contribution < -0.4 is 15.4 Å². The summed E-state index contributed by atoms with van der Waals surface area (Å²) in [4.78, 5) is 24.5. The molecule has 2 N–H and O–H groups in total. The second kappa shape index (κ2) is 10.6. The van der Waals surface area contributed by atoms with Crippen molar-refractivity contribution in [3.8, 4) is 5.75 Å². The molecule has 0 spiro atoms. The molecule has 2 aromatic rings. The molecular weight excluding hydrogens is 368 g/mol. The maximum Gasteiger partial charge on any atom is 0.255 e. The van der Waals surface area contributed by atoms with E-state index in [4.69, 9.17) is 9.47 Å². The zero-order chi connectivity index (χ0) is 20.5. The number of hydrogen-bond acceptors (Lipinski definition) is 4. The summed E-state index contributed by atoms with van der Waals surface area (Å²) in [7, 11) is 0. The van der Waals surface area contributed by atoms with Gasteiger partial charge in [0.1, 0.15) is 12.4 Å². The summed E-state index contributed by atoms with van der Waals surface area (Å²) in [5.41, 5.74) is 1.75. The zero-order valence-corrected chi connectivity index (χ0v) is 16.8. The molecule has 1 aliphatic heterocycles. The van der Waals surface area contributed by atoms with Gasteiger partial charge in [-0.2, -0.15) is 0 Å². The third kappa shape index (κ3) is 6.32. The van der Waals surface area contributed by atoms with E-state index in [1.165, 1.54) is 0 Å². The van der Waals surface area contributed by atoms with Gasteiger partial charge in [0.2, 0.25) is 0 Å². The molecule has 1 unspecified atom stereocenters. The number of anilines is 1. The van der Waals surface area contributed by atoms with Crippen molar-refractivity contribution in [3.05, 3.63) is 59.7 Å². The van der Waals surface area contributed by atoms with E-state index in [-0.39, 0.29) is 17.9 Å². The molecule has 0 aliphatic carbocycles. The Hall–Kier alpha value is -2.86. The summed E-state index contributed by atoms with van der Waals surface area (Å²) >= 11 is 0. The first kappa shape index (κ1) is 20.9. The van der Waals surface area contributed by atoms with Crippen LogP contribution in [0.5, 0.6) is 5.75 Å². The third-order valence-corrected chi connectivity index (χ3v) is 4.80. The summed E-state index contributed by atoms with van der Waals surface area (Å²) < 4.78 is 11.3. The van der Waals surface area contributed by atoms with E-state index in [0.717, 1.165) is 38.0 Å². The Balaban J connectivity index is 1.49. The van der Waals surface area contributed by atoms with Gasteiger partial charge in [-0.15, -0.1) is 0 Å². The highest BCUT2D eigenvalue weighted by molar-refractivity contribution is 6.04. The van der Waals surface area contributed by atoms with Crippen LogP contribution in [0.1, 0.15) is 53.3 Å². The summed E-state index contributed by atoms with van der Waals surface area (Å²) in [5, 5.41) is 5.71. The Kier molecular flexibility index (Phi) is 7.64. The lowest BCUT2D eigenvalue weighted by atomic mass is 10.1. The highest BCUT2D eigenvalue weighted by atomic mass is 16.5. The van der Waals surface area contributed by atoms with Crippen LogP contribution in [-0.2, 0) is 4.74 Å². The maximum absolute atomic E-state index is 12.4. The number of carbonyl (C=O) groups is 2. The number of benzene rings is 2. The molecule has 1 atom stereocenters. The van der Waals surface area contributed by atoms with Gasteiger partial charge in [-0.05, 0) is 67.8 Å². The molecule has 1 aliphatic rings. The molecule has 0 bridgehead atoms. The Bertz CT molecular complexity index is 797. The van der Waals surface area contributed by atoms with E-state index in [2.05, 4.69) is 17.6 Å². The fourth-order valence-corrected chi connectivity index (χ4v) is 3.06. The first-order valence-electron chi connectivity index (χ1n) is 10.2. The zero-order valence-electron chi connectivity index (χ0n) is 16.8. The van der Waals surface area contributed by atoms with Crippen molar-refractivity contribution >= 4 is 17.5 Å². The van der Waals surface area contributed by atoms with Gasteiger partial charge in [0.05, 0.1) is 6.10 Å². The van der Waals surface area contributed by atoms with E-state index in [1.807, 2.05) is 0 Å². The molecule has 2 amide bonds. The van der Waals surface area contributed by atoms with Crippen LogP contribution in [0.4, 0.5) is 5.69 Å². The molecule has 1 fully saturated rings. The fourth-order valence-electron chi connectivity index (χ4n) is 3.06. The molecule has 29 heavy (non-hydrogen) atoms. The quantitative estimate of drug-likeness (QED) is 0.628. The Morgan fingerprint density at radius 3 is 2.38 bits per heavy atom. The second-order valence-electron chi connectivity index (χ2n) is 7.11. The molecule has 3 rings (SSSR count). The van der Waals surface area contributed by atoms with Crippen LogP contribution in [-0.4, -0.2) is 37.7 Å². The van der Waals surface area contributed by atoms with Crippen LogP contribution in [0, 0.1) is 0 Å². The normalized spacial score (nSPS) is 15.7. The highest BCUT2D eigenvalue weighted by Gasteiger charge is 2.16. The number of unbranched alkanes of at least 4 members (excludes halogenated alkanes) is 1. The summed E-state index contributed by atoms with van der Waals surface area (Å²) in [5.74, 6) is 0.404. The minimum Gasteiger partial charge on any atom is -0.491 e. The molecule has 1 heterocycles. The van der Waals surface area contributed by atoms with Gasteiger partial charge in [0.25, 0.3) is 11.8 Å². The van der Waals surface area contributed by atoms with Crippen LogP contribution >= 0.6 is 0 Å². The number of amides is 2. The molecule has 1 saturated heterocycles. The van der Waals surface area contributed by atoms with Crippen LogP contribution in [0.3, 0.4) is 0 Å². The minimum absolute atomic E-state index is 0.102. The van der Waals surface area contributed by atoms with Crippen LogP contribution in [0.2, 0.25) is 0 Å². The Morgan fingerprint density at radius 1 is 1.03 bits per heavy atom. The van der Waals surface area contributed by atoms with Crippen molar-refractivity contribution in [3.63, 3.8) is 0 Å². The standard InChI is InChI=1S/C23H28N2O4/c1-2-3-14-24-22(26)17-6-10-19(11-7-17)25-23(27)18-8-12-20(13-9-18)29-16-21-5-4-15-28-21/h6-13,21H,2-5,14-16H2,1H3,(H,24,26)(H,25,27). The van der Waals surface area contributed by atoms with Crippen LogP contribution in [0.25, 0.3) is 0 Å². The Labute approximate surface area is 171 Å². The summed E-state index contributed by atoms with van der Waals surface area (Å²) in [6, 6.07) is 13.9. The third-order valence-electron chi connectivity index (χ3n) is 4.80. The number of nitrogens with one attached hydrogen (secondary N) is 2. The number of ether oxygens (including phenoxy) is 2. The molecule has 6 nitrogen and oxygen atoms in total. The van der Waals surface area contributed by atoms with Gasteiger partial charge in [0.15, 0.2) is 0 Å². The van der Waals surface area contributed by atoms with Gasteiger partial charge in [-0.1, -0.05) is 13.3 Å². The van der Waals surface area contributed by atoms with Crippen molar-refractivity contribution in [1.29, 1.82) is 0 Å². The van der Waals surface area contributed by atoms with Crippen LogP contribution in [0.15, 0.2) is 48.5 Å². The van der Waals surface area contributed by atoms with Gasteiger partial charge >= 0.3 is 0 Å². The minimum atomic E-state index is -0.212. The summed E-state index contributed by atoms with van der Waals surface area (Å²) in [6.45, 7) is 4.08. The molecule has 6 heteroatoms. The molecule has 0 aromatic heterocycles. The maximum atomic E-state index is 12.4. The molecule has 154 valence electrons. The summed E-state index contributed by atoms with van der Waals surface area (Å²) in [6.07, 6.45) is 4.26. The van der Waals surface area contributed by atoms with Gasteiger partial charge in [-0.25, -0.2) is 0 Å². The molecule has 2 aromatic carbocycles.